The molecule has 0 saturated heterocycles. The second-order valence-corrected chi connectivity index (χ2v) is 12.9. The third-order valence-corrected chi connectivity index (χ3v) is 7.58. The summed E-state index contributed by atoms with van der Waals surface area (Å²) in [6, 6.07) is 13.4. The van der Waals surface area contributed by atoms with Crippen molar-refractivity contribution in [2.45, 2.75) is 51.8 Å². The molecule has 1 amide bonds. The van der Waals surface area contributed by atoms with E-state index in [1.165, 1.54) is 23.1 Å². The summed E-state index contributed by atoms with van der Waals surface area (Å²) in [5.41, 5.74) is -4.68. The summed E-state index contributed by atoms with van der Waals surface area (Å²) in [7, 11) is -5.95. The average Bonchev–Trinajstić information content (AvgIpc) is 2.98. The summed E-state index contributed by atoms with van der Waals surface area (Å²) in [4.78, 5) is 28.0. The largest absolute Gasteiger partial charge is 0.534 e. The number of fused-ring (bicyclic) bond motifs is 2. The van der Waals surface area contributed by atoms with E-state index in [0.717, 1.165) is 6.07 Å². The monoisotopic (exact) mass is 627 g/mol. The Morgan fingerprint density at radius 1 is 1.02 bits per heavy atom. The number of carbonyl (C=O) groups excluding carboxylic acids is 2. The molecule has 0 unspecified atom stereocenters. The van der Waals surface area contributed by atoms with Gasteiger partial charge in [-0.1, -0.05) is 62.7 Å². The van der Waals surface area contributed by atoms with Crippen molar-refractivity contribution in [1.29, 1.82) is 0 Å². The number of ether oxygens (including phenoxy) is 2. The number of amides is 1. The molecule has 0 spiro atoms. The van der Waals surface area contributed by atoms with Crippen LogP contribution in [-0.2, 0) is 29.2 Å². The van der Waals surface area contributed by atoms with E-state index in [0.29, 0.717) is 27.2 Å². The first-order valence-corrected chi connectivity index (χ1v) is 14.8. The van der Waals surface area contributed by atoms with Crippen LogP contribution in [0.2, 0.25) is 5.02 Å². The fourth-order valence-electron chi connectivity index (χ4n) is 4.72. The van der Waals surface area contributed by atoms with E-state index < -0.39 is 51.9 Å². The van der Waals surface area contributed by atoms with E-state index in [1.54, 1.807) is 37.3 Å². The Morgan fingerprint density at radius 3 is 2.31 bits per heavy atom. The molecule has 1 aliphatic heterocycles. The summed E-state index contributed by atoms with van der Waals surface area (Å²) in [6.45, 7) is 7.83. The number of rotatable bonds is 7. The third-order valence-electron chi connectivity index (χ3n) is 6.38. The first-order chi connectivity index (χ1) is 19.5. The van der Waals surface area contributed by atoms with Gasteiger partial charge >= 0.3 is 21.6 Å². The molecule has 0 N–H and O–H groups in total. The van der Waals surface area contributed by atoms with E-state index in [-0.39, 0.29) is 24.0 Å². The fraction of sp³-hybridized carbons (Fsp3) is 0.379. The summed E-state index contributed by atoms with van der Waals surface area (Å²) >= 11 is 6.39. The highest BCUT2D eigenvalue weighted by Crippen LogP contribution is 2.44. The van der Waals surface area contributed by atoms with Gasteiger partial charge in [0.25, 0.3) is 5.91 Å². The zero-order valence-electron chi connectivity index (χ0n) is 23.2. The molecule has 2 atom stereocenters. The molecular weight excluding hydrogens is 599 g/mol. The molecule has 1 aliphatic rings. The van der Waals surface area contributed by atoms with Crippen LogP contribution in [0.4, 0.5) is 18.9 Å². The SMILES string of the molecule is CCOC(=O)C[C@H]1O[C@H](c2ccc(OS(=O)(=O)C(F)(F)F)c3ccccc23)c2cc(Cl)ccc2N(CC(C)(C)C)C1=O. The van der Waals surface area contributed by atoms with Gasteiger partial charge in [-0.3, -0.25) is 9.59 Å². The summed E-state index contributed by atoms with van der Waals surface area (Å²) in [6.07, 6.45) is -2.73. The van der Waals surface area contributed by atoms with Gasteiger partial charge in [-0.15, -0.1) is 0 Å². The highest BCUT2D eigenvalue weighted by Gasteiger charge is 2.49. The van der Waals surface area contributed by atoms with E-state index in [2.05, 4.69) is 4.18 Å². The van der Waals surface area contributed by atoms with Crippen LogP contribution in [0, 0.1) is 5.41 Å². The lowest BCUT2D eigenvalue weighted by Gasteiger charge is -2.31. The predicted molar refractivity (Wildman–Crippen MR) is 151 cm³/mol. The number of halogens is 4. The van der Waals surface area contributed by atoms with Crippen LogP contribution in [-0.4, -0.2) is 45.1 Å². The highest BCUT2D eigenvalue weighted by atomic mass is 35.5. The Hall–Kier alpha value is -3.35. The van der Waals surface area contributed by atoms with Crippen molar-refractivity contribution in [2.75, 3.05) is 18.1 Å². The molecule has 4 rings (SSSR count). The minimum absolute atomic E-state index is 0.0547. The maximum absolute atomic E-state index is 13.9. The summed E-state index contributed by atoms with van der Waals surface area (Å²) in [5, 5.41) is 0.684. The molecule has 0 bridgehead atoms. The number of hydrogen-bond donors (Lipinski definition) is 0. The Kier molecular flexibility index (Phi) is 8.82. The quantitative estimate of drug-likeness (QED) is 0.167. The molecule has 1 heterocycles. The van der Waals surface area contributed by atoms with Crippen molar-refractivity contribution < 1.29 is 44.8 Å². The number of esters is 1. The maximum atomic E-state index is 13.9. The van der Waals surface area contributed by atoms with Gasteiger partial charge in [-0.2, -0.15) is 21.6 Å². The van der Waals surface area contributed by atoms with Gasteiger partial charge in [-0.25, -0.2) is 0 Å². The fourth-order valence-corrected chi connectivity index (χ4v) is 5.37. The summed E-state index contributed by atoms with van der Waals surface area (Å²) < 4.78 is 78.9. The minimum Gasteiger partial charge on any atom is -0.466 e. The van der Waals surface area contributed by atoms with Crippen molar-refractivity contribution in [3.63, 3.8) is 0 Å². The van der Waals surface area contributed by atoms with Crippen LogP contribution in [0.5, 0.6) is 5.75 Å². The molecule has 42 heavy (non-hydrogen) atoms. The second kappa shape index (κ2) is 11.7. The average molecular weight is 628 g/mol. The lowest BCUT2D eigenvalue weighted by Crippen LogP contribution is -2.44. The van der Waals surface area contributed by atoms with Crippen molar-refractivity contribution in [1.82, 2.24) is 0 Å². The Labute approximate surface area is 246 Å². The third kappa shape index (κ3) is 6.66. The van der Waals surface area contributed by atoms with E-state index in [9.17, 15) is 31.2 Å². The summed E-state index contributed by atoms with van der Waals surface area (Å²) in [5.74, 6) is -1.68. The molecular formula is C29H29ClF3NO7S. The first kappa shape index (κ1) is 31.6. The van der Waals surface area contributed by atoms with Gasteiger partial charge < -0.3 is 18.6 Å². The van der Waals surface area contributed by atoms with Gasteiger partial charge in [0, 0.05) is 28.2 Å². The van der Waals surface area contributed by atoms with Gasteiger partial charge in [0.2, 0.25) is 0 Å². The van der Waals surface area contributed by atoms with Crippen LogP contribution in [0.1, 0.15) is 51.3 Å². The zero-order valence-corrected chi connectivity index (χ0v) is 24.8. The number of carbonyl (C=O) groups is 2. The highest BCUT2D eigenvalue weighted by molar-refractivity contribution is 7.88. The molecule has 226 valence electrons. The van der Waals surface area contributed by atoms with Gasteiger partial charge in [0.1, 0.15) is 12.2 Å². The van der Waals surface area contributed by atoms with Gasteiger partial charge in [0.15, 0.2) is 5.75 Å². The van der Waals surface area contributed by atoms with Crippen LogP contribution < -0.4 is 9.08 Å². The molecule has 0 saturated carbocycles. The maximum Gasteiger partial charge on any atom is 0.534 e. The topological polar surface area (TPSA) is 99.2 Å². The molecule has 0 aromatic heterocycles. The predicted octanol–water partition coefficient (Wildman–Crippen LogP) is 6.54. The molecule has 0 fully saturated rings. The standard InChI is InChI=1S/C29H29ClF3NO7S/c1-5-39-25(35)15-24-27(36)34(16-28(2,3)4)22-12-10-17(30)14-21(22)26(40-24)20-11-13-23(19-9-7-6-8-18(19)20)41-42(37,38)29(31,32)33/h6-14,24,26H,5,15-16H2,1-4H3/t24-,26-/m1/s1. The van der Waals surface area contributed by atoms with Crippen LogP contribution in [0.15, 0.2) is 54.6 Å². The number of hydrogen-bond acceptors (Lipinski definition) is 7. The van der Waals surface area contributed by atoms with E-state index in [1.807, 2.05) is 20.8 Å². The number of anilines is 1. The van der Waals surface area contributed by atoms with Crippen molar-refractivity contribution in [2.24, 2.45) is 5.41 Å². The first-order valence-electron chi connectivity index (χ1n) is 13.0. The van der Waals surface area contributed by atoms with Crippen molar-refractivity contribution in [3.05, 3.63) is 70.7 Å². The van der Waals surface area contributed by atoms with Crippen LogP contribution >= 0.6 is 11.6 Å². The number of benzene rings is 3. The Morgan fingerprint density at radius 2 is 1.69 bits per heavy atom. The molecule has 0 aliphatic carbocycles. The number of alkyl halides is 3. The molecule has 3 aromatic carbocycles. The van der Waals surface area contributed by atoms with Gasteiger partial charge in [0.05, 0.1) is 13.0 Å². The molecule has 8 nitrogen and oxygen atoms in total. The van der Waals surface area contributed by atoms with E-state index >= 15 is 0 Å². The van der Waals surface area contributed by atoms with Gasteiger partial charge in [-0.05, 0) is 47.6 Å². The normalized spacial score (nSPS) is 18.0. The van der Waals surface area contributed by atoms with Crippen molar-refractivity contribution >= 4 is 50.1 Å². The molecule has 0 radical (unpaired) electrons. The lowest BCUT2D eigenvalue weighted by molar-refractivity contribution is -0.151. The zero-order chi connectivity index (χ0) is 31.0. The van der Waals surface area contributed by atoms with Crippen LogP contribution in [0.3, 0.4) is 0 Å². The smallest absolute Gasteiger partial charge is 0.466 e. The molecule has 13 heteroatoms. The minimum atomic E-state index is -5.95. The second-order valence-electron chi connectivity index (χ2n) is 10.9. The Bertz CT molecular complexity index is 1620. The Balaban J connectivity index is 1.94. The molecule has 3 aromatic rings. The van der Waals surface area contributed by atoms with Crippen LogP contribution in [0.25, 0.3) is 10.8 Å². The van der Waals surface area contributed by atoms with Crippen molar-refractivity contribution in [3.8, 4) is 5.75 Å². The van der Waals surface area contributed by atoms with E-state index in [4.69, 9.17) is 21.1 Å². The number of nitrogens with zero attached hydrogens (tertiary/aromatic N) is 1. The lowest BCUT2D eigenvalue weighted by atomic mass is 9.92.